The van der Waals surface area contributed by atoms with Crippen molar-refractivity contribution >= 4 is 26.4 Å². The molecule has 0 bridgehead atoms. The number of halogens is 1. The zero-order chi connectivity index (χ0) is 23.0. The van der Waals surface area contributed by atoms with Crippen molar-refractivity contribution in [1.29, 1.82) is 0 Å². The maximum atomic E-state index is 14.8. The Balaban J connectivity index is 1.28. The summed E-state index contributed by atoms with van der Waals surface area (Å²) < 4.78 is 40.1. The first-order chi connectivity index (χ1) is 15.9. The third-order valence-corrected chi connectivity index (χ3v) is 7.86. The molecule has 0 saturated heterocycles. The van der Waals surface area contributed by atoms with Gasteiger partial charge in [0.05, 0.1) is 11.4 Å². The Labute approximate surface area is 192 Å². The van der Waals surface area contributed by atoms with Gasteiger partial charge in [-0.25, -0.2) is 12.8 Å². The van der Waals surface area contributed by atoms with Gasteiger partial charge in [-0.05, 0) is 58.5 Å². The number of pyridine rings is 1. The van der Waals surface area contributed by atoms with Gasteiger partial charge in [-0.1, -0.05) is 54.6 Å². The second-order valence-corrected chi connectivity index (χ2v) is 10.5. The fraction of sp³-hybridized carbons (Fsp3) is 0.185. The number of carbonyl (C=O) groups is 1. The van der Waals surface area contributed by atoms with Crippen molar-refractivity contribution in [2.45, 2.75) is 29.4 Å². The van der Waals surface area contributed by atoms with Crippen molar-refractivity contribution in [2.24, 2.45) is 5.92 Å². The molecule has 0 radical (unpaired) electrons. The van der Waals surface area contributed by atoms with Crippen LogP contribution in [0.25, 0.3) is 10.8 Å². The highest BCUT2D eigenvalue weighted by Gasteiger charge is 2.43. The largest absolute Gasteiger partial charge is 0.299 e. The van der Waals surface area contributed by atoms with Gasteiger partial charge in [-0.15, -0.1) is 0 Å². The Morgan fingerprint density at radius 1 is 0.939 bits per heavy atom. The summed E-state index contributed by atoms with van der Waals surface area (Å²) in [6.07, 6.45) is 2.50. The van der Waals surface area contributed by atoms with Crippen LogP contribution < -0.4 is 0 Å². The molecule has 1 aromatic heterocycles. The molecule has 2 atom stereocenters. The maximum absolute atomic E-state index is 14.8. The third kappa shape index (κ3) is 4.57. The van der Waals surface area contributed by atoms with Crippen molar-refractivity contribution in [3.63, 3.8) is 0 Å². The van der Waals surface area contributed by atoms with Gasteiger partial charge in [-0.3, -0.25) is 9.78 Å². The molecule has 4 nitrogen and oxygen atoms in total. The van der Waals surface area contributed by atoms with E-state index in [-0.39, 0.29) is 28.3 Å². The number of benzene rings is 3. The second kappa shape index (κ2) is 8.52. The Hall–Kier alpha value is -3.38. The average Bonchev–Trinajstić information content (AvgIpc) is 3.60. The lowest BCUT2D eigenvalue weighted by atomic mass is 10.00. The number of ketones is 1. The summed E-state index contributed by atoms with van der Waals surface area (Å²) in [5.74, 6) is -1.24. The molecule has 0 aliphatic heterocycles. The van der Waals surface area contributed by atoms with E-state index in [0.717, 1.165) is 16.3 Å². The predicted molar refractivity (Wildman–Crippen MR) is 125 cm³/mol. The number of aromatic nitrogens is 1. The zero-order valence-corrected chi connectivity index (χ0v) is 18.6. The molecule has 1 aliphatic rings. The van der Waals surface area contributed by atoms with Gasteiger partial charge in [0.25, 0.3) is 0 Å². The number of Topliss-reactive ketones (excluding diaryl/α,β-unsaturated/α-hetero) is 1. The number of fused-ring (bicyclic) bond motifs is 1. The molecule has 1 saturated carbocycles. The maximum Gasteiger partial charge on any atom is 0.186 e. The van der Waals surface area contributed by atoms with Gasteiger partial charge in [0.15, 0.2) is 9.84 Å². The first kappa shape index (κ1) is 21.5. The number of rotatable bonds is 7. The molecule has 0 N–H and O–H groups in total. The SMILES string of the molecule is O=C(Cc1ccc2ccccc2c1)[C@@H]1CC1c1ccc(S(=O)(=O)Cc2ccccn2)c(F)c1. The standard InChI is InChI=1S/C27H22FNO3S/c28-25-15-21(10-11-27(25)33(31,32)17-22-7-3-4-12-29-22)23-16-24(23)26(30)14-18-8-9-19-5-1-2-6-20(19)13-18/h1-13,15,23-24H,14,16-17H2/t23?,24-/m1/s1. The molecule has 1 fully saturated rings. The molecule has 0 amide bonds. The summed E-state index contributed by atoms with van der Waals surface area (Å²) in [4.78, 5) is 16.5. The van der Waals surface area contributed by atoms with Gasteiger partial charge in [0.1, 0.15) is 16.5 Å². The minimum absolute atomic E-state index is 0.0694. The smallest absolute Gasteiger partial charge is 0.186 e. The summed E-state index contributed by atoms with van der Waals surface area (Å²) in [6.45, 7) is 0. The second-order valence-electron chi connectivity index (χ2n) is 8.54. The molecule has 3 aromatic carbocycles. The highest BCUT2D eigenvalue weighted by atomic mass is 32.2. The normalized spacial score (nSPS) is 17.7. The van der Waals surface area contributed by atoms with Crippen LogP contribution in [-0.4, -0.2) is 19.2 Å². The quantitative estimate of drug-likeness (QED) is 0.378. The van der Waals surface area contributed by atoms with Crippen molar-refractivity contribution < 1.29 is 17.6 Å². The van der Waals surface area contributed by atoms with E-state index in [4.69, 9.17) is 0 Å². The van der Waals surface area contributed by atoms with Crippen LogP contribution in [-0.2, 0) is 26.8 Å². The van der Waals surface area contributed by atoms with Gasteiger partial charge < -0.3 is 0 Å². The van der Waals surface area contributed by atoms with E-state index in [1.165, 1.54) is 18.3 Å². The molecule has 1 heterocycles. The average molecular weight is 460 g/mol. The van der Waals surface area contributed by atoms with E-state index in [0.29, 0.717) is 24.1 Å². The molecule has 166 valence electrons. The van der Waals surface area contributed by atoms with Crippen molar-refractivity contribution in [3.05, 3.63) is 108 Å². The summed E-state index contributed by atoms with van der Waals surface area (Å²) in [5.41, 5.74) is 2.00. The Bertz CT molecular complexity index is 1450. The topological polar surface area (TPSA) is 64.1 Å². The van der Waals surface area contributed by atoms with E-state index >= 15 is 0 Å². The predicted octanol–water partition coefficient (Wildman–Crippen LogP) is 5.26. The highest BCUT2D eigenvalue weighted by Crippen LogP contribution is 2.49. The summed E-state index contributed by atoms with van der Waals surface area (Å²) in [5, 5.41) is 2.23. The Morgan fingerprint density at radius 2 is 1.73 bits per heavy atom. The van der Waals surface area contributed by atoms with Crippen LogP contribution in [0, 0.1) is 11.7 Å². The van der Waals surface area contributed by atoms with Gasteiger partial charge >= 0.3 is 0 Å². The molecule has 1 aliphatic carbocycles. The monoisotopic (exact) mass is 459 g/mol. The lowest BCUT2D eigenvalue weighted by molar-refractivity contribution is -0.119. The summed E-state index contributed by atoms with van der Waals surface area (Å²) in [6, 6.07) is 23.2. The number of hydrogen-bond donors (Lipinski definition) is 0. The van der Waals surface area contributed by atoms with E-state index in [9.17, 15) is 17.6 Å². The van der Waals surface area contributed by atoms with E-state index in [1.807, 2.05) is 42.5 Å². The van der Waals surface area contributed by atoms with Crippen LogP contribution in [0.5, 0.6) is 0 Å². The first-order valence-corrected chi connectivity index (χ1v) is 12.5. The highest BCUT2D eigenvalue weighted by molar-refractivity contribution is 7.90. The van der Waals surface area contributed by atoms with Crippen LogP contribution >= 0.6 is 0 Å². The zero-order valence-electron chi connectivity index (χ0n) is 17.8. The molecule has 5 rings (SSSR count). The molecular weight excluding hydrogens is 437 g/mol. The molecule has 1 unspecified atom stereocenters. The summed E-state index contributed by atoms with van der Waals surface area (Å²) in [7, 11) is -3.86. The van der Waals surface area contributed by atoms with Crippen molar-refractivity contribution in [3.8, 4) is 0 Å². The molecular formula is C27H22FNO3S. The van der Waals surface area contributed by atoms with Crippen LogP contribution in [0.15, 0.2) is 90.0 Å². The minimum Gasteiger partial charge on any atom is -0.299 e. The lowest BCUT2D eigenvalue weighted by Crippen LogP contribution is -2.09. The van der Waals surface area contributed by atoms with Crippen LogP contribution in [0.3, 0.4) is 0 Å². The lowest BCUT2D eigenvalue weighted by Gasteiger charge is -2.08. The van der Waals surface area contributed by atoms with E-state index < -0.39 is 15.7 Å². The van der Waals surface area contributed by atoms with E-state index in [2.05, 4.69) is 4.98 Å². The van der Waals surface area contributed by atoms with Crippen LogP contribution in [0.2, 0.25) is 0 Å². The molecule has 0 spiro atoms. The third-order valence-electron chi connectivity index (χ3n) is 6.18. The van der Waals surface area contributed by atoms with E-state index in [1.54, 1.807) is 24.3 Å². The number of carbonyl (C=O) groups excluding carboxylic acids is 1. The molecule has 33 heavy (non-hydrogen) atoms. The summed E-state index contributed by atoms with van der Waals surface area (Å²) >= 11 is 0. The fourth-order valence-electron chi connectivity index (χ4n) is 4.36. The van der Waals surface area contributed by atoms with Crippen molar-refractivity contribution in [1.82, 2.24) is 4.98 Å². The molecule has 6 heteroatoms. The number of sulfone groups is 1. The van der Waals surface area contributed by atoms with Gasteiger partial charge in [0.2, 0.25) is 0 Å². The fourth-order valence-corrected chi connectivity index (χ4v) is 5.70. The number of nitrogens with zero attached hydrogens (tertiary/aromatic N) is 1. The van der Waals surface area contributed by atoms with Gasteiger partial charge in [-0.2, -0.15) is 0 Å². The first-order valence-electron chi connectivity index (χ1n) is 10.8. The van der Waals surface area contributed by atoms with Crippen LogP contribution in [0.4, 0.5) is 4.39 Å². The van der Waals surface area contributed by atoms with Gasteiger partial charge in [0, 0.05) is 18.5 Å². The minimum atomic E-state index is -3.86. The van der Waals surface area contributed by atoms with Crippen molar-refractivity contribution in [2.75, 3.05) is 0 Å². The Morgan fingerprint density at radius 3 is 2.48 bits per heavy atom. The molecule has 4 aromatic rings. The Kier molecular flexibility index (Phi) is 5.54. The van der Waals surface area contributed by atoms with Crippen LogP contribution in [0.1, 0.15) is 29.2 Å². The number of hydrogen-bond acceptors (Lipinski definition) is 4.